The first kappa shape index (κ1) is 32.4. The highest BCUT2D eigenvalue weighted by atomic mass is 14.2. The Balaban J connectivity index is 4.58. The fourth-order valence-electron chi connectivity index (χ4n) is 3.97. The Kier molecular flexibility index (Phi) is 15.4. The first-order valence-electron chi connectivity index (χ1n) is 13.7. The highest BCUT2D eigenvalue weighted by Crippen LogP contribution is 2.33. The molecular weight excluding hydrogens is 408 g/mol. The van der Waals surface area contributed by atoms with Crippen LogP contribution >= 0.6 is 0 Å². The maximum atomic E-state index is 4.39. The average Bonchev–Trinajstić information content (AvgIpc) is 2.80. The van der Waals surface area contributed by atoms with E-state index in [2.05, 4.69) is 107 Å². The van der Waals surface area contributed by atoms with Crippen LogP contribution in [0, 0.1) is 35.0 Å². The molecule has 0 rings (SSSR count). The van der Waals surface area contributed by atoms with Crippen LogP contribution in [0.3, 0.4) is 0 Å². The van der Waals surface area contributed by atoms with Crippen molar-refractivity contribution in [3.05, 3.63) is 73.4 Å². The van der Waals surface area contributed by atoms with Crippen LogP contribution < -0.4 is 0 Å². The Hall–Kier alpha value is -1.56. The van der Waals surface area contributed by atoms with E-state index in [0.29, 0.717) is 29.6 Å². The number of rotatable bonds is 19. The minimum absolute atomic E-state index is 0.0433. The summed E-state index contributed by atoms with van der Waals surface area (Å²) >= 11 is 0. The Bertz CT molecular complexity index is 702. The quantitative estimate of drug-likeness (QED) is 0.166. The zero-order valence-electron chi connectivity index (χ0n) is 24.3. The van der Waals surface area contributed by atoms with Gasteiger partial charge in [0, 0.05) is 5.41 Å². The van der Waals surface area contributed by atoms with Crippen molar-refractivity contribution >= 4 is 0 Å². The lowest BCUT2D eigenvalue weighted by Gasteiger charge is -2.25. The molecule has 6 atom stereocenters. The van der Waals surface area contributed by atoms with Gasteiger partial charge in [-0.1, -0.05) is 108 Å². The molecule has 0 aromatic heterocycles. The second-order valence-electron chi connectivity index (χ2n) is 11.9. The van der Waals surface area contributed by atoms with E-state index in [9.17, 15) is 0 Å². The molecule has 0 heteroatoms. The van der Waals surface area contributed by atoms with Crippen LogP contribution in [-0.2, 0) is 0 Å². The molecule has 0 amide bonds. The van der Waals surface area contributed by atoms with Gasteiger partial charge in [-0.05, 0) is 94.8 Å². The summed E-state index contributed by atoms with van der Waals surface area (Å²) in [6.07, 6.45) is 16.2. The lowest BCUT2D eigenvalue weighted by molar-refractivity contribution is 0.423. The van der Waals surface area contributed by atoms with Crippen LogP contribution in [0.5, 0.6) is 0 Å². The predicted octanol–water partition coefficient (Wildman–Crippen LogP) is 11.3. The molecule has 0 fully saturated rings. The molecular formula is C34H58. The third kappa shape index (κ3) is 13.4. The van der Waals surface area contributed by atoms with Crippen LogP contribution in [0.25, 0.3) is 0 Å². The zero-order valence-corrected chi connectivity index (χ0v) is 24.3. The Morgan fingerprint density at radius 3 is 1.53 bits per heavy atom. The zero-order chi connectivity index (χ0) is 26.5. The van der Waals surface area contributed by atoms with Crippen molar-refractivity contribution in [2.45, 2.75) is 107 Å². The molecule has 0 radical (unpaired) electrons. The molecule has 0 spiro atoms. The summed E-state index contributed by atoms with van der Waals surface area (Å²) in [5.41, 5.74) is 5.37. The van der Waals surface area contributed by atoms with E-state index in [1.165, 1.54) is 41.6 Å². The molecule has 0 aromatic rings. The fraction of sp³-hybridized carbons (Fsp3) is 0.647. The van der Waals surface area contributed by atoms with Crippen molar-refractivity contribution in [3.63, 3.8) is 0 Å². The number of allylic oxidation sites excluding steroid dienone is 7. The Labute approximate surface area is 215 Å². The lowest BCUT2D eigenvalue weighted by atomic mass is 9.79. The van der Waals surface area contributed by atoms with Gasteiger partial charge in [-0.25, -0.2) is 0 Å². The van der Waals surface area contributed by atoms with Crippen molar-refractivity contribution in [1.29, 1.82) is 0 Å². The van der Waals surface area contributed by atoms with Gasteiger partial charge in [0.05, 0.1) is 0 Å². The van der Waals surface area contributed by atoms with E-state index in [1.54, 1.807) is 0 Å². The smallest absolute Gasteiger partial charge is 0.00303 e. The standard InChI is InChI=1S/C34H58/c1-14-34(13,24-22-33(12)32(11)20-18-29(8)26(4)5)23-21-27(6)15-16-30(9)31(10)19-17-28(7)25(2)3/h14,21,23,27-30,33H,1-2,4,10-11,15-20,22,24H2,3,5-9,12-13H3/b23-21+. The number of hydrogen-bond acceptors (Lipinski definition) is 0. The Morgan fingerprint density at radius 2 is 1.12 bits per heavy atom. The molecule has 0 nitrogen and oxygen atoms in total. The molecule has 0 heterocycles. The van der Waals surface area contributed by atoms with Gasteiger partial charge in [0.1, 0.15) is 0 Å². The molecule has 0 aliphatic rings. The molecule has 0 saturated carbocycles. The summed E-state index contributed by atoms with van der Waals surface area (Å²) < 4.78 is 0. The van der Waals surface area contributed by atoms with E-state index in [0.717, 1.165) is 32.1 Å². The van der Waals surface area contributed by atoms with Crippen molar-refractivity contribution in [3.8, 4) is 0 Å². The second kappa shape index (κ2) is 16.2. The molecule has 0 aliphatic carbocycles. The molecule has 6 unspecified atom stereocenters. The normalized spacial score (nSPS) is 17.9. The van der Waals surface area contributed by atoms with Gasteiger partial charge < -0.3 is 0 Å². The third-order valence-corrected chi connectivity index (χ3v) is 8.32. The molecule has 34 heavy (non-hydrogen) atoms. The maximum Gasteiger partial charge on any atom is 0.00303 e. The largest absolute Gasteiger partial charge is 0.102 e. The van der Waals surface area contributed by atoms with Crippen LogP contribution in [0.1, 0.15) is 107 Å². The number of hydrogen-bond donors (Lipinski definition) is 0. The molecule has 0 aromatic carbocycles. The average molecular weight is 467 g/mol. The SMILES string of the molecule is C=CC(C)(/C=C/C(C)CCC(C)C(=C)CCC(C)C(=C)C)CCC(C)C(=C)CCC(C)C(=C)C. The van der Waals surface area contributed by atoms with E-state index >= 15 is 0 Å². The van der Waals surface area contributed by atoms with Gasteiger partial charge >= 0.3 is 0 Å². The first-order chi connectivity index (χ1) is 15.7. The highest BCUT2D eigenvalue weighted by Gasteiger charge is 2.20. The second-order valence-corrected chi connectivity index (χ2v) is 11.9. The fourth-order valence-corrected chi connectivity index (χ4v) is 3.97. The van der Waals surface area contributed by atoms with Crippen LogP contribution in [0.4, 0.5) is 0 Å². The van der Waals surface area contributed by atoms with Crippen LogP contribution in [-0.4, -0.2) is 0 Å². The molecule has 0 saturated heterocycles. The molecule has 0 N–H and O–H groups in total. The van der Waals surface area contributed by atoms with Crippen molar-refractivity contribution in [2.75, 3.05) is 0 Å². The van der Waals surface area contributed by atoms with Crippen LogP contribution in [0.15, 0.2) is 73.4 Å². The summed E-state index contributed by atoms with van der Waals surface area (Å²) in [4.78, 5) is 0. The van der Waals surface area contributed by atoms with Crippen molar-refractivity contribution < 1.29 is 0 Å². The van der Waals surface area contributed by atoms with Crippen molar-refractivity contribution in [2.24, 2.45) is 35.0 Å². The summed E-state index contributed by atoms with van der Waals surface area (Å²) in [6.45, 7) is 39.2. The first-order valence-corrected chi connectivity index (χ1v) is 13.7. The minimum atomic E-state index is 0.0433. The third-order valence-electron chi connectivity index (χ3n) is 8.32. The summed E-state index contributed by atoms with van der Waals surface area (Å²) in [7, 11) is 0. The monoisotopic (exact) mass is 466 g/mol. The maximum absolute atomic E-state index is 4.39. The molecule has 0 bridgehead atoms. The van der Waals surface area contributed by atoms with Gasteiger partial charge in [0.15, 0.2) is 0 Å². The predicted molar refractivity (Wildman–Crippen MR) is 158 cm³/mol. The van der Waals surface area contributed by atoms with Gasteiger partial charge in [0.2, 0.25) is 0 Å². The highest BCUT2D eigenvalue weighted by molar-refractivity contribution is 5.10. The van der Waals surface area contributed by atoms with Crippen molar-refractivity contribution in [1.82, 2.24) is 0 Å². The molecule has 194 valence electrons. The van der Waals surface area contributed by atoms with Gasteiger partial charge in [-0.2, -0.15) is 0 Å². The van der Waals surface area contributed by atoms with E-state index in [-0.39, 0.29) is 5.41 Å². The van der Waals surface area contributed by atoms with Gasteiger partial charge in [-0.15, -0.1) is 6.58 Å². The summed E-state index contributed by atoms with van der Waals surface area (Å²) in [5, 5.41) is 0. The van der Waals surface area contributed by atoms with E-state index in [1.807, 2.05) is 0 Å². The summed E-state index contributed by atoms with van der Waals surface area (Å²) in [6, 6.07) is 0. The summed E-state index contributed by atoms with van der Waals surface area (Å²) in [5.74, 6) is 2.86. The topological polar surface area (TPSA) is 0 Å². The van der Waals surface area contributed by atoms with E-state index in [4.69, 9.17) is 0 Å². The Morgan fingerprint density at radius 1 is 0.676 bits per heavy atom. The lowest BCUT2D eigenvalue weighted by Crippen LogP contribution is -2.13. The van der Waals surface area contributed by atoms with Gasteiger partial charge in [0.25, 0.3) is 0 Å². The van der Waals surface area contributed by atoms with Gasteiger partial charge in [-0.3, -0.25) is 0 Å². The molecule has 0 aliphatic heterocycles. The minimum Gasteiger partial charge on any atom is -0.102 e. The van der Waals surface area contributed by atoms with Crippen LogP contribution in [0.2, 0.25) is 0 Å². The van der Waals surface area contributed by atoms with E-state index < -0.39 is 0 Å².